The average molecular weight is 381 g/mol. The number of quaternary nitrogens is 1. The average Bonchev–Trinajstić information content (AvgIpc) is 2.63. The van der Waals surface area contributed by atoms with E-state index in [0.29, 0.717) is 0 Å². The molecular weight excluding hydrogens is 326 g/mol. The van der Waals surface area contributed by atoms with Crippen molar-refractivity contribution in [2.45, 2.75) is 113 Å². The van der Waals surface area contributed by atoms with E-state index in [4.69, 9.17) is 0 Å². The zero-order valence-electron chi connectivity index (χ0n) is 20.4. The summed E-state index contributed by atoms with van der Waals surface area (Å²) in [7, 11) is 0. The molecule has 0 radical (unpaired) electrons. The number of hydrogen-bond acceptors (Lipinski definition) is 0. The molecule has 162 valence electrons. The van der Waals surface area contributed by atoms with E-state index in [1.54, 1.807) is 5.57 Å². The van der Waals surface area contributed by atoms with Crippen molar-refractivity contribution >= 4 is 0 Å². The Morgan fingerprint density at radius 1 is 0.704 bits per heavy atom. The van der Waals surface area contributed by atoms with Gasteiger partial charge in [-0.15, -0.1) is 0 Å². The normalized spacial score (nSPS) is 15.4. The van der Waals surface area contributed by atoms with Gasteiger partial charge in [-0.25, -0.2) is 0 Å². The van der Waals surface area contributed by atoms with E-state index in [0.717, 1.165) is 17.8 Å². The van der Waals surface area contributed by atoms with Crippen LogP contribution in [0.2, 0.25) is 0 Å². The van der Waals surface area contributed by atoms with Gasteiger partial charge in [0.25, 0.3) is 0 Å². The van der Waals surface area contributed by atoms with Crippen LogP contribution >= 0.6 is 0 Å². The quantitative estimate of drug-likeness (QED) is 0.176. The summed E-state index contributed by atoms with van der Waals surface area (Å²) in [6.07, 6.45) is 15.2. The van der Waals surface area contributed by atoms with E-state index in [-0.39, 0.29) is 0 Å². The van der Waals surface area contributed by atoms with Gasteiger partial charge in [0.05, 0.1) is 26.2 Å². The summed E-state index contributed by atoms with van der Waals surface area (Å²) in [6, 6.07) is 0. The first kappa shape index (κ1) is 26.7. The first-order chi connectivity index (χ1) is 12.8. The fraction of sp³-hybridized carbons (Fsp3) is 0.923. The first-order valence-electron chi connectivity index (χ1n) is 12.3. The minimum Gasteiger partial charge on any atom is -0.321 e. The van der Waals surface area contributed by atoms with Crippen LogP contribution in [0.3, 0.4) is 0 Å². The lowest BCUT2D eigenvalue weighted by Gasteiger charge is -2.35. The maximum absolute atomic E-state index is 2.53. The smallest absolute Gasteiger partial charge is 0.0976 e. The molecule has 0 amide bonds. The van der Waals surface area contributed by atoms with Gasteiger partial charge in [-0.2, -0.15) is 0 Å². The predicted octanol–water partition coefficient (Wildman–Crippen LogP) is 8.25. The van der Waals surface area contributed by atoms with Crippen molar-refractivity contribution in [2.75, 3.05) is 26.2 Å². The van der Waals surface area contributed by atoms with Crippen LogP contribution in [0, 0.1) is 17.8 Å². The molecule has 1 heteroatoms. The lowest BCUT2D eigenvalue weighted by Crippen LogP contribution is -2.47. The number of nitrogens with zero attached hydrogens (tertiary/aromatic N) is 1. The molecule has 0 aromatic carbocycles. The molecule has 0 aromatic rings. The van der Waals surface area contributed by atoms with Crippen LogP contribution in [-0.4, -0.2) is 30.7 Å². The minimum atomic E-state index is 0.871. The Morgan fingerprint density at radius 3 is 1.59 bits per heavy atom. The maximum atomic E-state index is 2.53. The lowest BCUT2D eigenvalue weighted by atomic mass is 9.91. The Morgan fingerprint density at radius 2 is 1.15 bits per heavy atom. The molecule has 0 N–H and O–H groups in total. The number of hydrogen-bond donors (Lipinski definition) is 0. The van der Waals surface area contributed by atoms with Crippen molar-refractivity contribution in [3.8, 4) is 0 Å². The van der Waals surface area contributed by atoms with Gasteiger partial charge in [-0.05, 0) is 64.4 Å². The minimum absolute atomic E-state index is 0.871. The monoisotopic (exact) mass is 380 g/mol. The molecule has 0 heterocycles. The molecular formula is C26H54N+. The Bertz CT molecular complexity index is 356. The first-order valence-corrected chi connectivity index (χ1v) is 12.3. The van der Waals surface area contributed by atoms with Crippen LogP contribution in [-0.2, 0) is 0 Å². The van der Waals surface area contributed by atoms with Gasteiger partial charge in [0.15, 0.2) is 0 Å². The van der Waals surface area contributed by atoms with Gasteiger partial charge in [0.2, 0.25) is 0 Å². The Labute approximate surface area is 173 Å². The Balaban J connectivity index is 3.89. The topological polar surface area (TPSA) is 0 Å². The van der Waals surface area contributed by atoms with Gasteiger partial charge in [0, 0.05) is 0 Å². The van der Waals surface area contributed by atoms with Crippen molar-refractivity contribution in [2.24, 2.45) is 17.8 Å². The van der Waals surface area contributed by atoms with Gasteiger partial charge >= 0.3 is 0 Å². The summed E-state index contributed by atoms with van der Waals surface area (Å²) in [4.78, 5) is 0. The molecule has 0 aliphatic rings. The zero-order valence-corrected chi connectivity index (χ0v) is 20.4. The van der Waals surface area contributed by atoms with Crippen LogP contribution in [0.1, 0.15) is 113 Å². The fourth-order valence-electron chi connectivity index (χ4n) is 4.22. The summed E-state index contributed by atoms with van der Waals surface area (Å²) in [6.45, 7) is 24.0. The van der Waals surface area contributed by atoms with E-state index in [1.807, 2.05) is 0 Å². The molecule has 0 unspecified atom stereocenters. The summed E-state index contributed by atoms with van der Waals surface area (Å²) < 4.78 is 1.24. The highest BCUT2D eigenvalue weighted by Crippen LogP contribution is 2.22. The van der Waals surface area contributed by atoms with Gasteiger partial charge in [-0.1, -0.05) is 78.2 Å². The molecule has 0 rings (SSSR count). The fourth-order valence-corrected chi connectivity index (χ4v) is 4.22. The van der Waals surface area contributed by atoms with E-state index in [1.165, 1.54) is 88.4 Å². The standard InChI is InChI=1S/C26H54N/c1-9-27(10-2,11-3)22-21-26(8)20-14-19-25(7)18-13-17-24(6)16-12-15-23(4)5/h21,23-25H,9-20,22H2,1-8H3/q+1/b26-21+/t24-,25-/m1/s1. The van der Waals surface area contributed by atoms with Crippen LogP contribution in [0.5, 0.6) is 0 Å². The summed E-state index contributed by atoms with van der Waals surface area (Å²) in [5.74, 6) is 2.70. The highest BCUT2D eigenvalue weighted by molar-refractivity contribution is 4.98. The largest absolute Gasteiger partial charge is 0.321 e. The van der Waals surface area contributed by atoms with E-state index < -0.39 is 0 Å². The Hall–Kier alpha value is -0.300. The summed E-state index contributed by atoms with van der Waals surface area (Å²) >= 11 is 0. The second-order valence-electron chi connectivity index (χ2n) is 9.88. The molecule has 0 fully saturated rings. The number of rotatable bonds is 17. The van der Waals surface area contributed by atoms with Gasteiger partial charge in [0.1, 0.15) is 0 Å². The zero-order chi connectivity index (χ0) is 20.7. The van der Waals surface area contributed by atoms with E-state index in [2.05, 4.69) is 61.5 Å². The second kappa shape index (κ2) is 15.6. The molecule has 27 heavy (non-hydrogen) atoms. The van der Waals surface area contributed by atoms with Crippen molar-refractivity contribution in [1.82, 2.24) is 0 Å². The predicted molar refractivity (Wildman–Crippen MR) is 125 cm³/mol. The van der Waals surface area contributed by atoms with Crippen LogP contribution in [0.25, 0.3) is 0 Å². The molecule has 1 nitrogen and oxygen atoms in total. The third-order valence-corrected chi connectivity index (χ3v) is 6.98. The molecule has 2 atom stereocenters. The molecule has 0 saturated heterocycles. The van der Waals surface area contributed by atoms with E-state index >= 15 is 0 Å². The summed E-state index contributed by atoms with van der Waals surface area (Å²) in [5, 5.41) is 0. The third kappa shape index (κ3) is 13.5. The lowest BCUT2D eigenvalue weighted by molar-refractivity contribution is -0.917. The van der Waals surface area contributed by atoms with Gasteiger partial charge < -0.3 is 4.48 Å². The van der Waals surface area contributed by atoms with Crippen molar-refractivity contribution in [3.05, 3.63) is 11.6 Å². The van der Waals surface area contributed by atoms with E-state index in [9.17, 15) is 0 Å². The highest BCUT2D eigenvalue weighted by Gasteiger charge is 2.18. The second-order valence-corrected chi connectivity index (χ2v) is 9.88. The van der Waals surface area contributed by atoms with Crippen LogP contribution in [0.15, 0.2) is 11.6 Å². The summed E-state index contributed by atoms with van der Waals surface area (Å²) in [5.41, 5.74) is 1.61. The molecule has 0 aromatic heterocycles. The highest BCUT2D eigenvalue weighted by atomic mass is 15.3. The van der Waals surface area contributed by atoms with Gasteiger partial charge in [-0.3, -0.25) is 0 Å². The van der Waals surface area contributed by atoms with Crippen molar-refractivity contribution < 1.29 is 4.48 Å². The molecule has 0 aliphatic heterocycles. The third-order valence-electron chi connectivity index (χ3n) is 6.98. The molecule has 0 spiro atoms. The van der Waals surface area contributed by atoms with Crippen LogP contribution in [0.4, 0.5) is 0 Å². The molecule has 0 saturated carbocycles. The Kier molecular flexibility index (Phi) is 15.4. The van der Waals surface area contributed by atoms with Crippen molar-refractivity contribution in [1.29, 1.82) is 0 Å². The van der Waals surface area contributed by atoms with Crippen molar-refractivity contribution in [3.63, 3.8) is 0 Å². The molecule has 0 aliphatic carbocycles. The maximum Gasteiger partial charge on any atom is 0.0976 e. The van der Waals surface area contributed by atoms with Crippen LogP contribution < -0.4 is 0 Å². The number of allylic oxidation sites excluding steroid dienone is 1. The SMILES string of the molecule is CC[N+](CC)(CC)C/C=C(\C)CCC[C@H](C)CCC[C@H](C)CCCC(C)C. The molecule has 0 bridgehead atoms. The number of likely N-dealkylation sites (N-methyl/N-ethyl adjacent to an activating group) is 1.